The quantitative estimate of drug-likeness (QED) is 0.828. The highest BCUT2D eigenvalue weighted by Gasteiger charge is 2.34. The Bertz CT molecular complexity index is 252. The second-order valence-corrected chi connectivity index (χ2v) is 4.09. The van der Waals surface area contributed by atoms with Crippen molar-refractivity contribution in [3.63, 3.8) is 0 Å². The van der Waals surface area contributed by atoms with E-state index < -0.39 is 25.4 Å². The van der Waals surface area contributed by atoms with Crippen LogP contribution in [0.3, 0.4) is 0 Å². The average Bonchev–Trinajstić information content (AvgIpc) is 2.27. The van der Waals surface area contributed by atoms with Gasteiger partial charge in [0.15, 0.2) is 0 Å². The van der Waals surface area contributed by atoms with Gasteiger partial charge in [0.25, 0.3) is 0 Å². The fourth-order valence-electron chi connectivity index (χ4n) is 1.86. The molecule has 0 aromatic carbocycles. The SMILES string of the molecule is O=C(N1CCCCC1)N(CCO)CC(F)(F)F. The minimum absolute atomic E-state index is 0.283. The Morgan fingerprint density at radius 2 is 1.82 bits per heavy atom. The molecule has 1 heterocycles. The number of rotatable bonds is 3. The number of nitrogens with zero attached hydrogens (tertiary/aromatic N) is 2. The van der Waals surface area contributed by atoms with Gasteiger partial charge in [-0.15, -0.1) is 0 Å². The largest absolute Gasteiger partial charge is 0.406 e. The van der Waals surface area contributed by atoms with E-state index in [1.165, 1.54) is 4.90 Å². The van der Waals surface area contributed by atoms with Crippen molar-refractivity contribution in [3.8, 4) is 0 Å². The maximum Gasteiger partial charge on any atom is 0.406 e. The van der Waals surface area contributed by atoms with E-state index in [-0.39, 0.29) is 6.54 Å². The number of alkyl halides is 3. The summed E-state index contributed by atoms with van der Waals surface area (Å²) < 4.78 is 36.8. The number of carbonyl (C=O) groups excluding carboxylic acids is 1. The molecular weight excluding hydrogens is 237 g/mol. The van der Waals surface area contributed by atoms with Crippen LogP contribution in [0.1, 0.15) is 19.3 Å². The van der Waals surface area contributed by atoms with Crippen molar-refractivity contribution in [2.24, 2.45) is 0 Å². The molecule has 0 aromatic heterocycles. The third kappa shape index (κ3) is 4.80. The smallest absolute Gasteiger partial charge is 0.395 e. The van der Waals surface area contributed by atoms with Gasteiger partial charge in [0.05, 0.1) is 6.61 Å². The van der Waals surface area contributed by atoms with Crippen LogP contribution in [0, 0.1) is 0 Å². The van der Waals surface area contributed by atoms with Gasteiger partial charge in [0.2, 0.25) is 0 Å². The van der Waals surface area contributed by atoms with Gasteiger partial charge < -0.3 is 14.9 Å². The average molecular weight is 254 g/mol. The molecule has 0 aliphatic carbocycles. The first-order valence-electron chi connectivity index (χ1n) is 5.65. The van der Waals surface area contributed by atoms with Crippen LogP contribution in [0.2, 0.25) is 0 Å². The van der Waals surface area contributed by atoms with E-state index in [1.807, 2.05) is 0 Å². The Hall–Kier alpha value is -0.980. The standard InChI is InChI=1S/C10H17F3N2O2/c11-10(12,13)8-15(6-7-16)9(17)14-4-2-1-3-5-14/h16H,1-8H2. The van der Waals surface area contributed by atoms with Gasteiger partial charge in [-0.3, -0.25) is 0 Å². The minimum Gasteiger partial charge on any atom is -0.395 e. The number of carbonyl (C=O) groups is 1. The zero-order valence-corrected chi connectivity index (χ0v) is 9.54. The molecule has 0 spiro atoms. The molecule has 1 N–H and O–H groups in total. The summed E-state index contributed by atoms with van der Waals surface area (Å²) in [5.41, 5.74) is 0. The fraction of sp³-hybridized carbons (Fsp3) is 0.900. The summed E-state index contributed by atoms with van der Waals surface area (Å²) in [7, 11) is 0. The summed E-state index contributed by atoms with van der Waals surface area (Å²) in [5.74, 6) is 0. The van der Waals surface area contributed by atoms with Crippen molar-refractivity contribution in [1.29, 1.82) is 0 Å². The number of urea groups is 1. The number of piperidine rings is 1. The zero-order chi connectivity index (χ0) is 12.9. The lowest BCUT2D eigenvalue weighted by atomic mass is 10.1. The van der Waals surface area contributed by atoms with Gasteiger partial charge in [0.1, 0.15) is 6.54 Å². The summed E-state index contributed by atoms with van der Waals surface area (Å²) in [6.45, 7) is -1.05. The van der Waals surface area contributed by atoms with Gasteiger partial charge in [-0.2, -0.15) is 13.2 Å². The van der Waals surface area contributed by atoms with E-state index >= 15 is 0 Å². The second-order valence-electron chi connectivity index (χ2n) is 4.09. The van der Waals surface area contributed by atoms with Crippen LogP contribution in [-0.2, 0) is 0 Å². The summed E-state index contributed by atoms with van der Waals surface area (Å²) in [6, 6.07) is -0.629. The third-order valence-corrected chi connectivity index (χ3v) is 2.64. The molecule has 0 radical (unpaired) electrons. The van der Waals surface area contributed by atoms with Gasteiger partial charge in [0, 0.05) is 19.6 Å². The molecule has 0 aromatic rings. The van der Waals surface area contributed by atoms with Crippen LogP contribution in [0.15, 0.2) is 0 Å². The molecule has 1 aliphatic rings. The predicted octanol–water partition coefficient (Wildman–Crippen LogP) is 1.45. The maximum atomic E-state index is 12.3. The molecule has 0 unspecified atom stereocenters. The molecule has 1 saturated heterocycles. The van der Waals surface area contributed by atoms with Crippen LogP contribution < -0.4 is 0 Å². The number of halogens is 3. The molecule has 100 valence electrons. The van der Waals surface area contributed by atoms with Crippen molar-refractivity contribution < 1.29 is 23.1 Å². The summed E-state index contributed by atoms with van der Waals surface area (Å²) in [6.07, 6.45) is -1.78. The number of hydrogen-bond acceptors (Lipinski definition) is 2. The van der Waals surface area contributed by atoms with E-state index in [4.69, 9.17) is 5.11 Å². The van der Waals surface area contributed by atoms with Gasteiger partial charge in [-0.05, 0) is 19.3 Å². The zero-order valence-electron chi connectivity index (χ0n) is 9.54. The van der Waals surface area contributed by atoms with E-state index in [2.05, 4.69) is 0 Å². The highest BCUT2D eigenvalue weighted by molar-refractivity contribution is 5.74. The van der Waals surface area contributed by atoms with Crippen LogP contribution in [0.4, 0.5) is 18.0 Å². The topological polar surface area (TPSA) is 43.8 Å². The monoisotopic (exact) mass is 254 g/mol. The normalized spacial score (nSPS) is 17.1. The van der Waals surface area contributed by atoms with E-state index in [0.717, 1.165) is 19.3 Å². The molecule has 1 aliphatic heterocycles. The summed E-state index contributed by atoms with van der Waals surface area (Å²) in [5, 5.41) is 8.70. The van der Waals surface area contributed by atoms with E-state index in [0.29, 0.717) is 18.0 Å². The number of likely N-dealkylation sites (tertiary alicyclic amines) is 1. The van der Waals surface area contributed by atoms with Crippen molar-refractivity contribution in [2.75, 3.05) is 32.8 Å². The first kappa shape index (κ1) is 14.1. The van der Waals surface area contributed by atoms with Gasteiger partial charge in [-0.1, -0.05) is 0 Å². The number of hydrogen-bond donors (Lipinski definition) is 1. The molecule has 2 amide bonds. The Morgan fingerprint density at radius 3 is 2.29 bits per heavy atom. The van der Waals surface area contributed by atoms with Crippen LogP contribution in [-0.4, -0.2) is 59.9 Å². The van der Waals surface area contributed by atoms with Crippen molar-refractivity contribution in [3.05, 3.63) is 0 Å². The minimum atomic E-state index is -4.43. The summed E-state index contributed by atoms with van der Waals surface area (Å²) >= 11 is 0. The molecule has 0 bridgehead atoms. The first-order chi connectivity index (χ1) is 7.94. The van der Waals surface area contributed by atoms with Crippen molar-refractivity contribution in [1.82, 2.24) is 9.80 Å². The lowest BCUT2D eigenvalue weighted by Crippen LogP contribution is -2.49. The molecule has 7 heteroatoms. The molecular formula is C10H17F3N2O2. The number of amides is 2. The molecule has 0 saturated carbocycles. The Kier molecular flexibility index (Phi) is 5.04. The molecule has 17 heavy (non-hydrogen) atoms. The Balaban J connectivity index is 2.58. The summed E-state index contributed by atoms with van der Waals surface area (Å²) in [4.78, 5) is 13.9. The molecule has 0 atom stereocenters. The number of aliphatic hydroxyl groups excluding tert-OH is 1. The lowest BCUT2D eigenvalue weighted by Gasteiger charge is -2.33. The predicted molar refractivity (Wildman–Crippen MR) is 55.5 cm³/mol. The van der Waals surface area contributed by atoms with Crippen molar-refractivity contribution in [2.45, 2.75) is 25.4 Å². The van der Waals surface area contributed by atoms with Crippen molar-refractivity contribution >= 4 is 6.03 Å². The lowest BCUT2D eigenvalue weighted by molar-refractivity contribution is -0.141. The van der Waals surface area contributed by atoms with Crippen LogP contribution >= 0.6 is 0 Å². The molecule has 1 rings (SSSR count). The fourth-order valence-corrected chi connectivity index (χ4v) is 1.86. The highest BCUT2D eigenvalue weighted by Crippen LogP contribution is 2.18. The van der Waals surface area contributed by atoms with Gasteiger partial charge in [-0.25, -0.2) is 4.79 Å². The van der Waals surface area contributed by atoms with E-state index in [9.17, 15) is 18.0 Å². The Morgan fingerprint density at radius 1 is 1.24 bits per heavy atom. The third-order valence-electron chi connectivity index (χ3n) is 2.64. The highest BCUT2D eigenvalue weighted by atomic mass is 19.4. The number of aliphatic hydroxyl groups is 1. The van der Waals surface area contributed by atoms with Gasteiger partial charge >= 0.3 is 12.2 Å². The molecule has 1 fully saturated rings. The second kappa shape index (κ2) is 6.09. The van der Waals surface area contributed by atoms with Crippen LogP contribution in [0.25, 0.3) is 0 Å². The maximum absolute atomic E-state index is 12.3. The van der Waals surface area contributed by atoms with Crippen LogP contribution in [0.5, 0.6) is 0 Å². The first-order valence-corrected chi connectivity index (χ1v) is 5.65. The van der Waals surface area contributed by atoms with E-state index in [1.54, 1.807) is 0 Å². The molecule has 4 nitrogen and oxygen atoms in total. The Labute approximate surface area is 98.0 Å².